The predicted molar refractivity (Wildman–Crippen MR) is 433 cm³/mol. The average Bonchev–Trinajstić information content (AvgIpc) is 1.57. The van der Waals surface area contributed by atoms with Crippen LogP contribution in [0, 0.1) is 0 Å². The minimum absolute atomic E-state index is 0.0161. The van der Waals surface area contributed by atoms with Gasteiger partial charge in [-0.2, -0.15) is 0 Å². The summed E-state index contributed by atoms with van der Waals surface area (Å²) in [5.74, 6) is 1.90. The molecule has 99 heavy (non-hydrogen) atoms. The molecule has 10 aromatic rings. The Bertz CT molecular complexity index is 4260. The third kappa shape index (κ3) is 17.5. The molecule has 508 valence electrons. The second-order valence-corrected chi connectivity index (χ2v) is 29.9. The topological polar surface area (TPSA) is 18.5 Å². The highest BCUT2D eigenvalue weighted by molar-refractivity contribution is 9.10. The number of hydrogen-bond acceptors (Lipinski definition) is 2. The first kappa shape index (κ1) is 71.1. The largest absolute Gasteiger partial charge is 0.494 e. The quantitative estimate of drug-likeness (QED) is 0.0382. The third-order valence-corrected chi connectivity index (χ3v) is 22.0. The summed E-state index contributed by atoms with van der Waals surface area (Å²) < 4.78 is 14.3. The van der Waals surface area contributed by atoms with E-state index in [0.29, 0.717) is 0 Å². The molecule has 3 aliphatic carbocycles. The first-order valence-corrected chi connectivity index (χ1v) is 39.5. The van der Waals surface area contributed by atoms with Gasteiger partial charge in [0.2, 0.25) is 0 Å². The lowest BCUT2D eigenvalue weighted by molar-refractivity contribution is 0.304. The number of rotatable bonds is 33. The number of halogens is 2. The molecule has 0 radical (unpaired) electrons. The highest BCUT2D eigenvalue weighted by atomic mass is 79.9. The van der Waals surface area contributed by atoms with E-state index < -0.39 is 0 Å². The fourth-order valence-electron chi connectivity index (χ4n) is 15.6. The van der Waals surface area contributed by atoms with Crippen LogP contribution in [-0.2, 0) is 5.41 Å². The summed E-state index contributed by atoms with van der Waals surface area (Å²) in [6, 6.07) is 81.5. The molecule has 0 atom stereocenters. The van der Waals surface area contributed by atoms with Crippen molar-refractivity contribution in [3.63, 3.8) is 0 Å². The fraction of sp³-hybridized carbons (Fsp3) is 0.326. The van der Waals surface area contributed by atoms with Crippen molar-refractivity contribution in [1.82, 2.24) is 0 Å². The fourth-order valence-corrected chi connectivity index (χ4v) is 16.3. The molecule has 0 amide bonds. The molecule has 0 unspecified atom stereocenters. The molecule has 2 nitrogen and oxygen atoms in total. The highest BCUT2D eigenvalue weighted by Gasteiger charge is 2.43. The van der Waals surface area contributed by atoms with Crippen LogP contribution < -0.4 is 9.47 Å². The van der Waals surface area contributed by atoms with E-state index in [-0.39, 0.29) is 5.41 Å². The molecule has 3 aliphatic rings. The summed E-state index contributed by atoms with van der Waals surface area (Å²) in [6.07, 6.45) is 35.4. The first-order chi connectivity index (χ1) is 48.7. The van der Waals surface area contributed by atoms with Crippen LogP contribution in [-0.4, -0.2) is 13.2 Å². The monoisotopic (exact) mass is 1430 g/mol. The maximum absolute atomic E-state index is 6.21. The van der Waals surface area contributed by atoms with E-state index in [1.165, 1.54) is 253 Å². The minimum atomic E-state index is -0.0161. The van der Waals surface area contributed by atoms with Gasteiger partial charge in [0.1, 0.15) is 11.5 Å². The summed E-state index contributed by atoms with van der Waals surface area (Å²) in [7, 11) is 0. The Kier molecular flexibility index (Phi) is 25.5. The summed E-state index contributed by atoms with van der Waals surface area (Å²) in [5, 5.41) is 0. The molecule has 0 saturated carbocycles. The van der Waals surface area contributed by atoms with E-state index >= 15 is 0 Å². The van der Waals surface area contributed by atoms with Crippen molar-refractivity contribution in [2.24, 2.45) is 0 Å². The predicted octanol–water partition coefficient (Wildman–Crippen LogP) is 29.5. The zero-order chi connectivity index (χ0) is 68.2. The van der Waals surface area contributed by atoms with E-state index in [1.54, 1.807) is 11.1 Å². The molecule has 13 rings (SSSR count). The number of ether oxygens (including phenoxy) is 2. The van der Waals surface area contributed by atoms with Gasteiger partial charge in [-0.1, -0.05) is 334 Å². The Morgan fingerprint density at radius 1 is 0.273 bits per heavy atom. The highest BCUT2D eigenvalue weighted by Crippen LogP contribution is 2.57. The second kappa shape index (κ2) is 35.5. The van der Waals surface area contributed by atoms with Crippen molar-refractivity contribution in [2.45, 2.75) is 187 Å². The standard InChI is InChI=1S/C68H76O.C27H26Br2O/c1-4-7-10-13-15-24-43-68(44-25-16-14-11-8-5-2)66-49-56(53-29-22-19-23-30-53)35-41-61(66)62-42-36-57(50-67(62)68)55-34-40-60-59-39-33-54(52-27-20-18-21-28-52)47-64(59)63(65(60)48-55)46-51-31-37-58(38-32-51)69-45-26-17-12-9-6-3;1-2-3-4-5-6-15-30-22-11-7-19(8-12-22)16-25-26-17-20(28)9-13-23(26)24-14-10-21(29)18-27(24)25/h18-23,27-42,46-50H,4-17,24-26,43-45H2,1-3H3;7-14,16-18H,2-6,15H2,1H3/b63-46-;. The second-order valence-electron chi connectivity index (χ2n) is 28.1. The summed E-state index contributed by atoms with van der Waals surface area (Å²) in [6.45, 7) is 10.7. The normalized spacial score (nSPS) is 13.1. The lowest BCUT2D eigenvalue weighted by Crippen LogP contribution is -2.25. The van der Waals surface area contributed by atoms with Crippen molar-refractivity contribution in [3.05, 3.63) is 272 Å². The van der Waals surface area contributed by atoms with Gasteiger partial charge in [-0.25, -0.2) is 0 Å². The number of unbranched alkanes of at least 4 members (excludes halogenated alkanes) is 18. The number of fused-ring (bicyclic) bond motifs is 9. The van der Waals surface area contributed by atoms with Gasteiger partial charge < -0.3 is 9.47 Å². The zero-order valence-corrected chi connectivity index (χ0v) is 62.6. The lowest BCUT2D eigenvalue weighted by atomic mass is 9.70. The van der Waals surface area contributed by atoms with Gasteiger partial charge in [-0.3, -0.25) is 0 Å². The molecular formula is C95H102Br2O2. The Morgan fingerprint density at radius 2 is 0.586 bits per heavy atom. The molecule has 4 heteroatoms. The number of benzene rings is 10. The van der Waals surface area contributed by atoms with Gasteiger partial charge in [0.25, 0.3) is 0 Å². The number of hydrogen-bond donors (Lipinski definition) is 0. The van der Waals surface area contributed by atoms with Gasteiger partial charge in [-0.15, -0.1) is 0 Å². The van der Waals surface area contributed by atoms with E-state index in [4.69, 9.17) is 9.47 Å². The molecule has 0 fully saturated rings. The average molecular weight is 1440 g/mol. The third-order valence-electron chi connectivity index (χ3n) is 21.0. The Morgan fingerprint density at radius 3 is 0.980 bits per heavy atom. The molecule has 0 aliphatic heterocycles. The molecule has 0 N–H and O–H groups in total. The summed E-state index contributed by atoms with van der Waals surface area (Å²) in [4.78, 5) is 0. The molecule has 0 bridgehead atoms. The Labute approximate surface area is 610 Å². The molecule has 0 spiro atoms. The van der Waals surface area contributed by atoms with Crippen LogP contribution in [0.4, 0.5) is 0 Å². The van der Waals surface area contributed by atoms with Crippen molar-refractivity contribution in [3.8, 4) is 78.3 Å². The van der Waals surface area contributed by atoms with Gasteiger partial charge in [0.15, 0.2) is 0 Å². The van der Waals surface area contributed by atoms with Crippen molar-refractivity contribution < 1.29 is 9.47 Å². The maximum atomic E-state index is 6.21. The maximum Gasteiger partial charge on any atom is 0.119 e. The van der Waals surface area contributed by atoms with Crippen LogP contribution >= 0.6 is 31.9 Å². The van der Waals surface area contributed by atoms with Crippen LogP contribution in [0.5, 0.6) is 11.5 Å². The zero-order valence-electron chi connectivity index (χ0n) is 59.4. The first-order valence-electron chi connectivity index (χ1n) is 37.9. The minimum Gasteiger partial charge on any atom is -0.494 e. The van der Waals surface area contributed by atoms with E-state index in [2.05, 4.69) is 290 Å². The van der Waals surface area contributed by atoms with Gasteiger partial charge in [-0.05, 0) is 233 Å². The van der Waals surface area contributed by atoms with E-state index in [1.807, 2.05) is 0 Å². The Balaban J connectivity index is 0.000000258. The molecule has 0 saturated heterocycles. The molecule has 10 aromatic carbocycles. The van der Waals surface area contributed by atoms with Crippen LogP contribution in [0.3, 0.4) is 0 Å². The van der Waals surface area contributed by atoms with Crippen LogP contribution in [0.15, 0.2) is 227 Å². The Hall–Kier alpha value is -7.76. The molecule has 0 heterocycles. The summed E-state index contributed by atoms with van der Waals surface area (Å²) >= 11 is 7.27. The van der Waals surface area contributed by atoms with Gasteiger partial charge in [0, 0.05) is 14.4 Å². The summed E-state index contributed by atoms with van der Waals surface area (Å²) in [5.41, 5.74) is 29.0. The van der Waals surface area contributed by atoms with Gasteiger partial charge in [0.05, 0.1) is 13.2 Å². The van der Waals surface area contributed by atoms with Crippen LogP contribution in [0.2, 0.25) is 0 Å². The lowest BCUT2D eigenvalue weighted by Gasteiger charge is -2.33. The van der Waals surface area contributed by atoms with Crippen molar-refractivity contribution in [2.75, 3.05) is 13.2 Å². The molecular weight excluding hydrogens is 1330 g/mol. The smallest absolute Gasteiger partial charge is 0.119 e. The molecule has 0 aromatic heterocycles. The van der Waals surface area contributed by atoms with E-state index in [9.17, 15) is 0 Å². The van der Waals surface area contributed by atoms with Crippen LogP contribution in [0.25, 0.3) is 90.1 Å². The van der Waals surface area contributed by atoms with Gasteiger partial charge >= 0.3 is 0 Å². The SMILES string of the molecule is CCCCCCCCC1(CCCCCCCC)c2cc(-c3ccccc3)ccc2-c2ccc(-c3ccc4c(c3)/C(=C\c3ccc(OCCCCCCC)cc3)c3cc(-c5ccccc5)ccc3-4)cc21.CCCCCCCOc1ccc(C=C2c3cc(Br)ccc3-c3ccc(Br)cc32)cc1. The van der Waals surface area contributed by atoms with Crippen molar-refractivity contribution >= 4 is 55.2 Å². The van der Waals surface area contributed by atoms with E-state index in [0.717, 1.165) is 46.5 Å². The van der Waals surface area contributed by atoms with Crippen LogP contribution in [0.1, 0.15) is 226 Å². The van der Waals surface area contributed by atoms with Crippen molar-refractivity contribution in [1.29, 1.82) is 0 Å².